The van der Waals surface area contributed by atoms with Crippen LogP contribution in [-0.2, 0) is 16.0 Å². The van der Waals surface area contributed by atoms with E-state index in [-0.39, 0.29) is 19.3 Å². The van der Waals surface area contributed by atoms with Crippen LogP contribution in [0.1, 0.15) is 18.4 Å². The van der Waals surface area contributed by atoms with Crippen molar-refractivity contribution in [1.82, 2.24) is 0 Å². The van der Waals surface area contributed by atoms with Crippen LogP contribution in [0, 0.1) is 17.7 Å². The van der Waals surface area contributed by atoms with Gasteiger partial charge in [-0.05, 0) is 30.9 Å². The van der Waals surface area contributed by atoms with Crippen molar-refractivity contribution in [3.05, 3.63) is 35.6 Å². The van der Waals surface area contributed by atoms with Gasteiger partial charge in [-0.15, -0.1) is 0 Å². The number of carboxylic acid groups (broad SMARTS) is 2. The van der Waals surface area contributed by atoms with Gasteiger partial charge < -0.3 is 15.9 Å². The highest BCUT2D eigenvalue weighted by Gasteiger charge is 2.58. The summed E-state index contributed by atoms with van der Waals surface area (Å²) < 4.78 is 13.5. The summed E-state index contributed by atoms with van der Waals surface area (Å²) >= 11 is 0. The summed E-state index contributed by atoms with van der Waals surface area (Å²) in [5, 5.41) is 18.2. The van der Waals surface area contributed by atoms with E-state index in [1.54, 1.807) is 18.2 Å². The van der Waals surface area contributed by atoms with Crippen molar-refractivity contribution >= 4 is 11.9 Å². The second kappa shape index (κ2) is 5.20. The molecule has 6 heteroatoms. The Morgan fingerprint density at radius 3 is 2.50 bits per heavy atom. The Bertz CT molecular complexity index is 548. The number of halogens is 1. The first kappa shape index (κ1) is 14.5. The van der Waals surface area contributed by atoms with Crippen molar-refractivity contribution < 1.29 is 24.2 Å². The van der Waals surface area contributed by atoms with Crippen LogP contribution in [0.5, 0.6) is 0 Å². The van der Waals surface area contributed by atoms with Crippen molar-refractivity contribution in [2.45, 2.75) is 24.8 Å². The molecule has 1 fully saturated rings. The zero-order valence-electron chi connectivity index (χ0n) is 10.8. The third kappa shape index (κ3) is 2.65. The van der Waals surface area contributed by atoms with Gasteiger partial charge in [-0.25, -0.2) is 4.39 Å². The molecule has 0 aliphatic heterocycles. The fourth-order valence-corrected chi connectivity index (χ4v) is 2.53. The van der Waals surface area contributed by atoms with Crippen LogP contribution >= 0.6 is 0 Å². The smallest absolute Gasteiger partial charge is 0.324 e. The lowest BCUT2D eigenvalue weighted by Gasteiger charge is -2.25. The van der Waals surface area contributed by atoms with E-state index in [0.717, 1.165) is 0 Å². The largest absolute Gasteiger partial charge is 0.481 e. The molecule has 0 saturated heterocycles. The molecule has 0 radical (unpaired) electrons. The molecule has 5 nitrogen and oxygen atoms in total. The Morgan fingerprint density at radius 1 is 1.35 bits per heavy atom. The molecule has 0 aromatic heterocycles. The average molecular weight is 281 g/mol. The Labute approximate surface area is 115 Å². The summed E-state index contributed by atoms with van der Waals surface area (Å²) in [6.45, 7) is 0. The molecule has 0 amide bonds. The van der Waals surface area contributed by atoms with E-state index in [2.05, 4.69) is 0 Å². The molecule has 3 atom stereocenters. The first-order valence-electron chi connectivity index (χ1n) is 6.34. The molecule has 1 aromatic rings. The molecule has 108 valence electrons. The SMILES string of the molecule is N[C@@](CCc1ccccc1F)(C(=O)O)C1C[C@@H]1C(=O)O. The third-order valence-electron chi connectivity index (χ3n) is 3.93. The second-order valence-corrected chi connectivity index (χ2v) is 5.22. The average Bonchev–Trinajstić information content (AvgIpc) is 3.18. The second-order valence-electron chi connectivity index (χ2n) is 5.22. The first-order chi connectivity index (χ1) is 9.36. The Hall–Kier alpha value is -1.95. The zero-order chi connectivity index (χ0) is 14.9. The van der Waals surface area contributed by atoms with Crippen molar-refractivity contribution in [3.63, 3.8) is 0 Å². The maximum absolute atomic E-state index is 13.5. The molecular weight excluding hydrogens is 265 g/mol. The van der Waals surface area contributed by atoms with E-state index in [4.69, 9.17) is 10.8 Å². The van der Waals surface area contributed by atoms with Crippen LogP contribution in [0.3, 0.4) is 0 Å². The molecule has 4 N–H and O–H groups in total. The lowest BCUT2D eigenvalue weighted by molar-refractivity contribution is -0.145. The molecule has 0 bridgehead atoms. The Kier molecular flexibility index (Phi) is 3.76. The van der Waals surface area contributed by atoms with Crippen molar-refractivity contribution in [1.29, 1.82) is 0 Å². The van der Waals surface area contributed by atoms with E-state index in [9.17, 15) is 19.1 Å². The fourth-order valence-electron chi connectivity index (χ4n) is 2.53. The summed E-state index contributed by atoms with van der Waals surface area (Å²) in [6, 6.07) is 6.08. The molecule has 0 heterocycles. The number of aliphatic carboxylic acids is 2. The molecule has 1 aliphatic rings. The zero-order valence-corrected chi connectivity index (χ0v) is 10.8. The maximum atomic E-state index is 13.5. The molecule has 1 saturated carbocycles. The van der Waals surface area contributed by atoms with Crippen LogP contribution in [0.4, 0.5) is 4.39 Å². The highest BCUT2D eigenvalue weighted by molar-refractivity contribution is 5.83. The standard InChI is InChI=1S/C14H16FNO4/c15-11-4-2-1-3-8(11)5-6-14(16,13(19)20)10-7-9(10)12(17)18/h1-4,9-10H,5-7,16H2,(H,17,18)(H,19,20)/t9-,10?,14+/m0/s1. The summed E-state index contributed by atoms with van der Waals surface area (Å²) in [4.78, 5) is 22.2. The lowest BCUT2D eigenvalue weighted by atomic mass is 9.86. The number of carboxylic acids is 2. The molecule has 0 spiro atoms. The number of hydrogen-bond acceptors (Lipinski definition) is 3. The minimum atomic E-state index is -1.62. The Balaban J connectivity index is 2.09. The van der Waals surface area contributed by atoms with Crippen LogP contribution in [0.15, 0.2) is 24.3 Å². The van der Waals surface area contributed by atoms with Crippen LogP contribution < -0.4 is 5.73 Å². The minimum Gasteiger partial charge on any atom is -0.481 e. The van der Waals surface area contributed by atoms with Crippen molar-refractivity contribution in [2.24, 2.45) is 17.6 Å². The van der Waals surface area contributed by atoms with Gasteiger partial charge in [0.15, 0.2) is 0 Å². The van der Waals surface area contributed by atoms with Gasteiger partial charge in [0.25, 0.3) is 0 Å². The topological polar surface area (TPSA) is 101 Å². The van der Waals surface area contributed by atoms with E-state index >= 15 is 0 Å². The third-order valence-corrected chi connectivity index (χ3v) is 3.93. The number of carbonyl (C=O) groups is 2. The van der Waals surface area contributed by atoms with E-state index in [1.807, 2.05) is 0 Å². The van der Waals surface area contributed by atoms with Gasteiger partial charge in [0.2, 0.25) is 0 Å². The molecule has 2 rings (SSSR count). The van der Waals surface area contributed by atoms with Crippen molar-refractivity contribution in [2.75, 3.05) is 0 Å². The van der Waals surface area contributed by atoms with Crippen LogP contribution in [0.25, 0.3) is 0 Å². The highest BCUT2D eigenvalue weighted by Crippen LogP contribution is 2.47. The van der Waals surface area contributed by atoms with Crippen LogP contribution in [-0.4, -0.2) is 27.7 Å². The van der Waals surface area contributed by atoms with Gasteiger partial charge in [0, 0.05) is 5.92 Å². The summed E-state index contributed by atoms with van der Waals surface area (Å²) in [6.07, 6.45) is 0.436. The normalized spacial score (nSPS) is 23.9. The monoisotopic (exact) mass is 281 g/mol. The van der Waals surface area contributed by atoms with E-state index in [1.165, 1.54) is 6.07 Å². The first-order valence-corrected chi connectivity index (χ1v) is 6.34. The number of nitrogens with two attached hydrogens (primary N) is 1. The van der Waals surface area contributed by atoms with E-state index in [0.29, 0.717) is 5.56 Å². The highest BCUT2D eigenvalue weighted by atomic mass is 19.1. The fraction of sp³-hybridized carbons (Fsp3) is 0.429. The van der Waals surface area contributed by atoms with Gasteiger partial charge in [-0.1, -0.05) is 18.2 Å². The minimum absolute atomic E-state index is 0.0116. The molecule has 1 aromatic carbocycles. The van der Waals surface area contributed by atoms with Crippen molar-refractivity contribution in [3.8, 4) is 0 Å². The summed E-state index contributed by atoms with van der Waals surface area (Å²) in [5.74, 6) is -3.98. The molecule has 20 heavy (non-hydrogen) atoms. The molecule has 1 aliphatic carbocycles. The van der Waals surface area contributed by atoms with Gasteiger partial charge in [0.1, 0.15) is 11.4 Å². The van der Waals surface area contributed by atoms with Gasteiger partial charge in [0.05, 0.1) is 5.92 Å². The van der Waals surface area contributed by atoms with Gasteiger partial charge >= 0.3 is 11.9 Å². The lowest BCUT2D eigenvalue weighted by Crippen LogP contribution is -2.51. The maximum Gasteiger partial charge on any atom is 0.324 e. The molecular formula is C14H16FNO4. The summed E-state index contributed by atoms with van der Waals surface area (Å²) in [7, 11) is 0. The predicted octanol–water partition coefficient (Wildman–Crippen LogP) is 1.26. The number of aryl methyl sites for hydroxylation is 1. The quantitative estimate of drug-likeness (QED) is 0.728. The Morgan fingerprint density at radius 2 is 2.00 bits per heavy atom. The number of hydrogen-bond donors (Lipinski definition) is 3. The van der Waals surface area contributed by atoms with E-state index < -0.39 is 35.1 Å². The number of benzene rings is 1. The van der Waals surface area contributed by atoms with Gasteiger partial charge in [-0.3, -0.25) is 9.59 Å². The van der Waals surface area contributed by atoms with Gasteiger partial charge in [-0.2, -0.15) is 0 Å². The number of rotatable bonds is 6. The molecule has 1 unspecified atom stereocenters. The summed E-state index contributed by atoms with van der Waals surface area (Å²) in [5.41, 5.74) is 4.65. The van der Waals surface area contributed by atoms with Crippen LogP contribution in [0.2, 0.25) is 0 Å². The predicted molar refractivity (Wildman–Crippen MR) is 68.5 cm³/mol.